The van der Waals surface area contributed by atoms with E-state index in [2.05, 4.69) is 10.2 Å². The summed E-state index contributed by atoms with van der Waals surface area (Å²) in [4.78, 5) is 15.3. The second-order valence-electron chi connectivity index (χ2n) is 8.14. The van der Waals surface area contributed by atoms with E-state index in [9.17, 15) is 4.79 Å². The minimum absolute atomic E-state index is 0. The summed E-state index contributed by atoms with van der Waals surface area (Å²) in [5, 5.41) is 3.17. The fraction of sp³-hybridized carbons (Fsp3) is 0.667. The average Bonchev–Trinajstić information content (AvgIpc) is 3.05. The number of nitrogens with one attached hydrogen (secondary N) is 1. The Labute approximate surface area is 180 Å². The van der Waals surface area contributed by atoms with Gasteiger partial charge in [0, 0.05) is 33.9 Å². The first kappa shape index (κ1) is 23.6. The zero-order valence-corrected chi connectivity index (χ0v) is 19.3. The second kappa shape index (κ2) is 10.4. The first-order valence-corrected chi connectivity index (χ1v) is 11.0. The highest BCUT2D eigenvalue weighted by Gasteiger charge is 2.30. The Morgan fingerprint density at radius 3 is 2.55 bits per heavy atom. The fourth-order valence-electron chi connectivity index (χ4n) is 3.09. The number of carbonyl (C=O) groups is 1. The lowest BCUT2D eigenvalue weighted by Gasteiger charge is -2.27. The summed E-state index contributed by atoms with van der Waals surface area (Å²) < 4.78 is 17.1. The van der Waals surface area contributed by atoms with E-state index in [0.717, 1.165) is 55.5 Å². The van der Waals surface area contributed by atoms with Crippen LogP contribution in [0.2, 0.25) is 0 Å². The van der Waals surface area contributed by atoms with Gasteiger partial charge in [-0.05, 0) is 45.8 Å². The summed E-state index contributed by atoms with van der Waals surface area (Å²) in [5.41, 5.74) is 9.08. The molecule has 166 valence electrons. The van der Waals surface area contributed by atoms with Crippen LogP contribution in [-0.2, 0) is 19.0 Å². The third-order valence-corrected chi connectivity index (χ3v) is 5.89. The number of carbonyl (C=O) groups excluding carboxylic acids is 1. The van der Waals surface area contributed by atoms with Gasteiger partial charge < -0.3 is 25.3 Å². The first-order valence-electron chi connectivity index (χ1n) is 10.0. The van der Waals surface area contributed by atoms with Gasteiger partial charge in [-0.1, -0.05) is 0 Å². The van der Waals surface area contributed by atoms with Crippen molar-refractivity contribution >= 4 is 17.7 Å². The molecule has 2 aliphatic rings. The summed E-state index contributed by atoms with van der Waals surface area (Å²) in [7, 11) is 1.87. The van der Waals surface area contributed by atoms with Crippen molar-refractivity contribution in [1.82, 2.24) is 10.2 Å². The lowest BCUT2D eigenvalue weighted by Crippen LogP contribution is -2.38. The van der Waals surface area contributed by atoms with Crippen LogP contribution in [0.1, 0.15) is 36.0 Å². The van der Waals surface area contributed by atoms with E-state index in [1.165, 1.54) is 11.8 Å². The van der Waals surface area contributed by atoms with Crippen molar-refractivity contribution in [2.24, 2.45) is 5.73 Å². The molecule has 0 aromatic rings. The molecule has 0 spiro atoms. The van der Waals surface area contributed by atoms with Crippen molar-refractivity contribution in [3.63, 3.8) is 0 Å². The molecule has 0 bridgehead atoms. The number of hydrogen-bond donors (Lipinski definition) is 2. The van der Waals surface area contributed by atoms with Gasteiger partial charge in [0.2, 0.25) is 0 Å². The Morgan fingerprint density at radius 2 is 1.97 bits per heavy atom. The lowest BCUT2D eigenvalue weighted by atomic mass is 10.0. The van der Waals surface area contributed by atoms with E-state index < -0.39 is 5.60 Å². The molecule has 0 aromatic heterocycles. The maximum atomic E-state index is 12.5. The van der Waals surface area contributed by atoms with Gasteiger partial charge in [0.15, 0.2) is 0 Å². The number of esters is 1. The monoisotopic (exact) mass is 427 g/mol. The molecular formula is C21H37N3O4S. The van der Waals surface area contributed by atoms with Crippen LogP contribution < -0.4 is 11.1 Å². The third-order valence-electron chi connectivity index (χ3n) is 4.78. The molecule has 2 heterocycles. The van der Waals surface area contributed by atoms with Crippen LogP contribution >= 0.6 is 11.8 Å². The normalized spacial score (nSPS) is 21.0. The fourth-order valence-corrected chi connectivity index (χ4v) is 4.19. The van der Waals surface area contributed by atoms with Gasteiger partial charge in [0.25, 0.3) is 0 Å². The minimum atomic E-state index is -0.553. The predicted molar refractivity (Wildman–Crippen MR) is 119 cm³/mol. The molecule has 0 amide bonds. The van der Waals surface area contributed by atoms with E-state index in [4.69, 9.17) is 19.9 Å². The van der Waals surface area contributed by atoms with Crippen molar-refractivity contribution in [1.29, 1.82) is 0 Å². The number of nitrogens with zero attached hydrogens (tertiary/aromatic N) is 1. The molecule has 1 saturated heterocycles. The summed E-state index contributed by atoms with van der Waals surface area (Å²) in [6.45, 7) is 14.3. The zero-order chi connectivity index (χ0) is 21.6. The van der Waals surface area contributed by atoms with Gasteiger partial charge in [-0.25, -0.2) is 4.79 Å². The summed E-state index contributed by atoms with van der Waals surface area (Å²) in [6, 6.07) is 0. The molecule has 0 aromatic carbocycles. The number of hydrogen-bond acceptors (Lipinski definition) is 8. The second-order valence-corrected chi connectivity index (χ2v) is 9.13. The maximum absolute atomic E-state index is 12.5. The summed E-state index contributed by atoms with van der Waals surface area (Å²) in [5.74, 6) is 1.04. The number of nitrogens with two attached hydrogens (primary N) is 1. The quantitative estimate of drug-likeness (QED) is 0.474. The van der Waals surface area contributed by atoms with Crippen LogP contribution in [0.15, 0.2) is 33.2 Å². The molecule has 3 N–H and O–H groups in total. The highest BCUT2D eigenvalue weighted by molar-refractivity contribution is 8.04. The Morgan fingerprint density at radius 1 is 1.31 bits per heavy atom. The molecule has 0 atom stereocenters. The molecule has 0 aliphatic carbocycles. The Hall–Kier alpha value is -1.64. The molecule has 29 heavy (non-hydrogen) atoms. The average molecular weight is 428 g/mol. The molecule has 0 unspecified atom stereocenters. The topological polar surface area (TPSA) is 86.0 Å². The van der Waals surface area contributed by atoms with Gasteiger partial charge in [-0.3, -0.25) is 4.90 Å². The Balaban J connectivity index is 0.00000450. The van der Waals surface area contributed by atoms with Crippen LogP contribution in [0.3, 0.4) is 0 Å². The summed E-state index contributed by atoms with van der Waals surface area (Å²) >= 11 is 1.42. The van der Waals surface area contributed by atoms with Gasteiger partial charge in [0.1, 0.15) is 22.9 Å². The van der Waals surface area contributed by atoms with Gasteiger partial charge in [-0.2, -0.15) is 0 Å². The van der Waals surface area contributed by atoms with Crippen molar-refractivity contribution < 1.29 is 20.4 Å². The Bertz CT molecular complexity index is 708. The van der Waals surface area contributed by atoms with Crippen LogP contribution in [-0.4, -0.2) is 68.7 Å². The highest BCUT2D eigenvalue weighted by Crippen LogP contribution is 2.37. The van der Waals surface area contributed by atoms with E-state index >= 15 is 0 Å². The van der Waals surface area contributed by atoms with Crippen molar-refractivity contribution in [2.75, 3.05) is 52.3 Å². The molecule has 8 heteroatoms. The van der Waals surface area contributed by atoms with Crippen LogP contribution in [0.5, 0.6) is 0 Å². The van der Waals surface area contributed by atoms with E-state index in [1.54, 1.807) is 0 Å². The van der Waals surface area contributed by atoms with Crippen molar-refractivity contribution in [3.05, 3.63) is 33.2 Å². The standard InChI is InChI=1S/C21H35N3O4S.H2/c1-14(16-13-29-19(17(16)22)20(25)28-21(3,4)5)18(15(2)23-6)27-12-9-24-7-10-26-11-8-24;/h23H,7-13,22H2,1-6H3;1H/b16-14+,18-15+;. The van der Waals surface area contributed by atoms with Gasteiger partial charge in [0.05, 0.1) is 24.6 Å². The number of allylic oxidation sites excluding steroid dienone is 3. The first-order chi connectivity index (χ1) is 13.6. The largest absolute Gasteiger partial charge is 0.490 e. The maximum Gasteiger partial charge on any atom is 0.347 e. The number of rotatable bonds is 7. The molecule has 0 radical (unpaired) electrons. The van der Waals surface area contributed by atoms with Crippen LogP contribution in [0.25, 0.3) is 0 Å². The SMILES string of the molecule is CN/C(C)=C(OCCN1CCOCC1)\C(C)=C1/CSC(C(=O)OC(C)(C)C)=C1N.[HH]. The molecule has 7 nitrogen and oxygen atoms in total. The predicted octanol–water partition coefficient (Wildman–Crippen LogP) is 2.61. The lowest BCUT2D eigenvalue weighted by molar-refractivity contribution is -0.148. The summed E-state index contributed by atoms with van der Waals surface area (Å²) in [6.07, 6.45) is 0. The van der Waals surface area contributed by atoms with Crippen LogP contribution in [0, 0.1) is 0 Å². The zero-order valence-electron chi connectivity index (χ0n) is 18.5. The van der Waals surface area contributed by atoms with Gasteiger partial charge in [-0.15, -0.1) is 11.8 Å². The number of thioether (sulfide) groups is 1. The van der Waals surface area contributed by atoms with E-state index in [-0.39, 0.29) is 7.40 Å². The van der Waals surface area contributed by atoms with E-state index in [0.29, 0.717) is 23.0 Å². The molecule has 1 fully saturated rings. The number of ether oxygens (including phenoxy) is 3. The minimum Gasteiger partial charge on any atom is -0.490 e. The molecular weight excluding hydrogens is 390 g/mol. The third kappa shape index (κ3) is 6.69. The van der Waals surface area contributed by atoms with Crippen molar-refractivity contribution in [2.45, 2.75) is 40.2 Å². The molecule has 2 rings (SSSR count). The Kier molecular flexibility index (Phi) is 8.48. The number of morpholine rings is 1. The van der Waals surface area contributed by atoms with Crippen LogP contribution in [0.4, 0.5) is 0 Å². The molecule has 0 saturated carbocycles. The smallest absolute Gasteiger partial charge is 0.347 e. The van der Waals surface area contributed by atoms with Gasteiger partial charge >= 0.3 is 5.97 Å². The molecule has 2 aliphatic heterocycles. The van der Waals surface area contributed by atoms with Crippen molar-refractivity contribution in [3.8, 4) is 0 Å². The highest BCUT2D eigenvalue weighted by atomic mass is 32.2. The van der Waals surface area contributed by atoms with E-state index in [1.807, 2.05) is 41.7 Å².